The van der Waals surface area contributed by atoms with E-state index in [0.717, 1.165) is 0 Å². The topological polar surface area (TPSA) is 3.24 Å². The molecule has 0 spiro atoms. The predicted octanol–water partition coefficient (Wildman–Crippen LogP) is 1.57. The molecule has 1 saturated heterocycles. The molecule has 1 rings (SSSR count). The van der Waals surface area contributed by atoms with Crippen molar-refractivity contribution in [3.63, 3.8) is 0 Å². The van der Waals surface area contributed by atoms with Crippen LogP contribution in [-0.2, 0) is 0 Å². The van der Waals surface area contributed by atoms with Crippen LogP contribution in [0.4, 0.5) is 0 Å². The third-order valence-corrected chi connectivity index (χ3v) is 3.14. The number of piperidine rings is 1. The molecule has 0 aromatic rings. The molecule has 0 bridgehead atoms. The zero-order valence-electron chi connectivity index (χ0n) is 7.31. The second-order valence-electron chi connectivity index (χ2n) is 3.19. The van der Waals surface area contributed by atoms with Gasteiger partial charge in [-0.2, -0.15) is 0 Å². The normalized spacial score (nSPS) is 18.5. The van der Waals surface area contributed by atoms with Gasteiger partial charge in [0.25, 0.3) is 0 Å². The first-order chi connectivity index (χ1) is 5.34. The molecular formula is C9H17NSe. The fourth-order valence-electron chi connectivity index (χ4n) is 1.52. The Bertz CT molecular complexity index is 128. The average molecular weight is 218 g/mol. The average Bonchev–Trinajstić information content (AvgIpc) is 2.07. The van der Waals surface area contributed by atoms with Gasteiger partial charge in [-0.1, -0.05) is 0 Å². The maximum absolute atomic E-state index is 3.19. The van der Waals surface area contributed by atoms with E-state index in [1.165, 1.54) is 49.7 Å². The van der Waals surface area contributed by atoms with Gasteiger partial charge in [-0.25, -0.2) is 0 Å². The summed E-state index contributed by atoms with van der Waals surface area (Å²) in [4.78, 5) is 2.51. The van der Waals surface area contributed by atoms with Gasteiger partial charge >= 0.3 is 77.1 Å². The van der Waals surface area contributed by atoms with Gasteiger partial charge in [-0.3, -0.25) is 0 Å². The van der Waals surface area contributed by atoms with E-state index >= 15 is 0 Å². The summed E-state index contributed by atoms with van der Waals surface area (Å²) in [5.41, 5.74) is 0. The van der Waals surface area contributed by atoms with E-state index < -0.39 is 0 Å². The van der Waals surface area contributed by atoms with E-state index in [4.69, 9.17) is 0 Å². The SMILES string of the molecule is CCCC(=[Se])N1CCCCC1. The first kappa shape index (κ1) is 9.28. The summed E-state index contributed by atoms with van der Waals surface area (Å²) < 4.78 is 1.48. The zero-order valence-corrected chi connectivity index (χ0v) is 9.02. The van der Waals surface area contributed by atoms with Crippen LogP contribution in [-0.4, -0.2) is 38.1 Å². The molecule has 1 aliphatic rings. The molecule has 2 heteroatoms. The molecule has 0 atom stereocenters. The molecule has 1 heterocycles. The predicted molar refractivity (Wildman–Crippen MR) is 51.1 cm³/mol. The van der Waals surface area contributed by atoms with Crippen LogP contribution >= 0.6 is 0 Å². The van der Waals surface area contributed by atoms with Crippen molar-refractivity contribution < 1.29 is 0 Å². The van der Waals surface area contributed by atoms with Crippen LogP contribution in [0.3, 0.4) is 0 Å². The third kappa shape index (κ3) is 2.96. The fraction of sp³-hybridized carbons (Fsp3) is 0.889. The molecule has 1 nitrogen and oxygen atoms in total. The van der Waals surface area contributed by atoms with Crippen molar-refractivity contribution in [2.45, 2.75) is 39.0 Å². The summed E-state index contributed by atoms with van der Waals surface area (Å²) in [6.07, 6.45) is 6.69. The quantitative estimate of drug-likeness (QED) is 0.650. The third-order valence-electron chi connectivity index (χ3n) is 2.17. The number of nitrogens with zero attached hydrogens (tertiary/aromatic N) is 1. The van der Waals surface area contributed by atoms with Gasteiger partial charge < -0.3 is 0 Å². The standard InChI is InChI=1S/C9H17NSe/c1-2-6-9(11)10-7-4-3-5-8-10/h2-8H2,1H3. The molecule has 0 radical (unpaired) electrons. The van der Waals surface area contributed by atoms with E-state index in [9.17, 15) is 0 Å². The van der Waals surface area contributed by atoms with Gasteiger partial charge in [0.1, 0.15) is 0 Å². The first-order valence-electron chi connectivity index (χ1n) is 4.62. The molecule has 0 aromatic heterocycles. The Morgan fingerprint density at radius 1 is 1.27 bits per heavy atom. The van der Waals surface area contributed by atoms with Crippen molar-refractivity contribution in [1.29, 1.82) is 0 Å². The van der Waals surface area contributed by atoms with Crippen molar-refractivity contribution in [3.05, 3.63) is 0 Å². The van der Waals surface area contributed by atoms with E-state index in [2.05, 4.69) is 27.4 Å². The van der Waals surface area contributed by atoms with Crippen molar-refractivity contribution in [2.75, 3.05) is 13.1 Å². The zero-order chi connectivity index (χ0) is 8.10. The number of hydrogen-bond donors (Lipinski definition) is 0. The number of hydrogen-bond acceptors (Lipinski definition) is 1. The molecule has 64 valence electrons. The summed E-state index contributed by atoms with van der Waals surface area (Å²) in [6, 6.07) is 0. The molecule has 0 N–H and O–H groups in total. The van der Waals surface area contributed by atoms with Crippen molar-refractivity contribution in [2.24, 2.45) is 0 Å². The molecular weight excluding hydrogens is 201 g/mol. The molecule has 0 aliphatic carbocycles. The number of likely N-dealkylation sites (tertiary alicyclic amines) is 1. The van der Waals surface area contributed by atoms with Gasteiger partial charge in [0, 0.05) is 0 Å². The maximum atomic E-state index is 3.19. The van der Waals surface area contributed by atoms with Crippen LogP contribution in [0.15, 0.2) is 0 Å². The minimum atomic E-state index is 1.24. The monoisotopic (exact) mass is 219 g/mol. The van der Waals surface area contributed by atoms with Crippen LogP contribution in [0.1, 0.15) is 39.0 Å². The fourth-order valence-corrected chi connectivity index (χ4v) is 2.33. The van der Waals surface area contributed by atoms with E-state index in [1.807, 2.05) is 0 Å². The second-order valence-corrected chi connectivity index (χ2v) is 4.18. The Morgan fingerprint density at radius 3 is 2.45 bits per heavy atom. The molecule has 11 heavy (non-hydrogen) atoms. The van der Waals surface area contributed by atoms with E-state index in [1.54, 1.807) is 0 Å². The summed E-state index contributed by atoms with van der Waals surface area (Å²) in [5.74, 6) is 0. The van der Waals surface area contributed by atoms with Crippen molar-refractivity contribution >= 4 is 20.1 Å². The van der Waals surface area contributed by atoms with Gasteiger partial charge in [-0.15, -0.1) is 0 Å². The van der Waals surface area contributed by atoms with Crippen LogP contribution < -0.4 is 0 Å². The molecule has 0 amide bonds. The van der Waals surface area contributed by atoms with Gasteiger partial charge in [-0.05, 0) is 0 Å². The van der Waals surface area contributed by atoms with Gasteiger partial charge in [0.15, 0.2) is 0 Å². The Balaban J connectivity index is 2.27. The van der Waals surface area contributed by atoms with Crippen LogP contribution in [0, 0.1) is 0 Å². The van der Waals surface area contributed by atoms with E-state index in [-0.39, 0.29) is 0 Å². The van der Waals surface area contributed by atoms with E-state index in [0.29, 0.717) is 0 Å². The molecule has 0 saturated carbocycles. The molecule has 0 unspecified atom stereocenters. The summed E-state index contributed by atoms with van der Waals surface area (Å²) in [6.45, 7) is 4.80. The van der Waals surface area contributed by atoms with Crippen molar-refractivity contribution in [3.8, 4) is 0 Å². The van der Waals surface area contributed by atoms with Crippen LogP contribution in [0.5, 0.6) is 0 Å². The van der Waals surface area contributed by atoms with Crippen LogP contribution in [0.25, 0.3) is 0 Å². The Labute approximate surface area is 77.5 Å². The van der Waals surface area contributed by atoms with Gasteiger partial charge in [0.2, 0.25) is 0 Å². The first-order valence-corrected chi connectivity index (χ1v) is 5.48. The molecule has 1 fully saturated rings. The summed E-state index contributed by atoms with van der Waals surface area (Å²) in [5, 5.41) is 0. The minimum absolute atomic E-state index is 1.24. The Kier molecular flexibility index (Phi) is 4.17. The second kappa shape index (κ2) is 4.95. The number of rotatable bonds is 3. The van der Waals surface area contributed by atoms with Crippen LogP contribution in [0.2, 0.25) is 0 Å². The van der Waals surface area contributed by atoms with Crippen molar-refractivity contribution in [1.82, 2.24) is 4.90 Å². The summed E-state index contributed by atoms with van der Waals surface area (Å²) >= 11 is 3.19. The summed E-state index contributed by atoms with van der Waals surface area (Å²) in [7, 11) is 0. The Morgan fingerprint density at radius 2 is 1.91 bits per heavy atom. The molecule has 0 aromatic carbocycles. The molecule has 1 aliphatic heterocycles. The van der Waals surface area contributed by atoms with Gasteiger partial charge in [0.05, 0.1) is 0 Å². The Hall–Kier alpha value is 0.189.